The third-order valence-electron chi connectivity index (χ3n) is 5.60. The Bertz CT molecular complexity index is 1390. The minimum atomic E-state index is -0.186. The molecule has 0 saturated heterocycles. The number of hydrogen-bond acceptors (Lipinski definition) is 7. The molecule has 186 valence electrons. The largest absolute Gasteiger partial charge is 0.487 e. The molecule has 0 amide bonds. The molecule has 7 nitrogen and oxygen atoms in total. The number of hydrogen-bond donors (Lipinski definition) is 2. The molecule has 0 aliphatic carbocycles. The molecule has 0 atom stereocenters. The molecule has 4 aromatic rings. The van der Waals surface area contributed by atoms with E-state index in [0.717, 1.165) is 22.3 Å². The predicted octanol–water partition coefficient (Wildman–Crippen LogP) is 5.90. The van der Waals surface area contributed by atoms with Gasteiger partial charge in [-0.15, -0.1) is 0 Å². The van der Waals surface area contributed by atoms with Crippen molar-refractivity contribution in [2.24, 2.45) is 0 Å². The number of ether oxygens (including phenoxy) is 1. The highest BCUT2D eigenvalue weighted by Crippen LogP contribution is 2.27. The standard InChI is InChI=1S/C28H23N5O2.C2H6/c1-19-28(35-18-22-4-2-20(12-29)3-5-22)26(17-34)25(15-31-19)16-33-27-11-10-24(14-32-27)23-8-6-21(13-30)7-9-23;1-2/h2-11,14-15,34H,16-18H2,1H3,(H,32,33);1-2H3. The van der Waals surface area contributed by atoms with Gasteiger partial charge in [-0.2, -0.15) is 10.5 Å². The van der Waals surface area contributed by atoms with Crippen LogP contribution in [-0.4, -0.2) is 15.1 Å². The summed E-state index contributed by atoms with van der Waals surface area (Å²) in [5, 5.41) is 31.3. The average Bonchev–Trinajstić information content (AvgIpc) is 2.97. The van der Waals surface area contributed by atoms with Gasteiger partial charge in [0.1, 0.15) is 18.2 Å². The maximum atomic E-state index is 10.1. The molecular weight excluding hydrogens is 462 g/mol. The van der Waals surface area contributed by atoms with Crippen molar-refractivity contribution in [3.8, 4) is 29.0 Å². The maximum Gasteiger partial charge on any atom is 0.146 e. The molecule has 2 N–H and O–H groups in total. The van der Waals surface area contributed by atoms with E-state index in [4.69, 9.17) is 15.3 Å². The summed E-state index contributed by atoms with van der Waals surface area (Å²) in [6.07, 6.45) is 3.50. The molecule has 0 aliphatic heterocycles. The van der Waals surface area contributed by atoms with Crippen molar-refractivity contribution in [2.75, 3.05) is 5.32 Å². The lowest BCUT2D eigenvalue weighted by molar-refractivity contribution is 0.256. The van der Waals surface area contributed by atoms with Gasteiger partial charge in [0.2, 0.25) is 0 Å². The van der Waals surface area contributed by atoms with Gasteiger partial charge in [-0.05, 0) is 60.0 Å². The van der Waals surface area contributed by atoms with Gasteiger partial charge in [0.15, 0.2) is 0 Å². The van der Waals surface area contributed by atoms with Gasteiger partial charge in [-0.25, -0.2) is 4.98 Å². The minimum absolute atomic E-state index is 0.186. The predicted molar refractivity (Wildman–Crippen MR) is 143 cm³/mol. The van der Waals surface area contributed by atoms with Crippen LogP contribution in [0.25, 0.3) is 11.1 Å². The third-order valence-corrected chi connectivity index (χ3v) is 5.60. The summed E-state index contributed by atoms with van der Waals surface area (Å²) < 4.78 is 6.02. The summed E-state index contributed by atoms with van der Waals surface area (Å²) in [4.78, 5) is 8.93. The molecule has 7 heteroatoms. The number of nitrogens with one attached hydrogen (secondary N) is 1. The molecule has 0 aliphatic rings. The Morgan fingerprint density at radius 2 is 1.46 bits per heavy atom. The lowest BCUT2D eigenvalue weighted by atomic mass is 10.1. The van der Waals surface area contributed by atoms with Gasteiger partial charge in [0.05, 0.1) is 35.6 Å². The molecular formula is C30H29N5O2. The van der Waals surface area contributed by atoms with Crippen molar-refractivity contribution < 1.29 is 9.84 Å². The molecule has 2 heterocycles. The molecule has 37 heavy (non-hydrogen) atoms. The number of anilines is 1. The van der Waals surface area contributed by atoms with Crippen LogP contribution in [0.5, 0.6) is 5.75 Å². The van der Waals surface area contributed by atoms with Crippen LogP contribution >= 0.6 is 0 Å². The Morgan fingerprint density at radius 1 is 0.838 bits per heavy atom. The van der Waals surface area contributed by atoms with E-state index < -0.39 is 0 Å². The van der Waals surface area contributed by atoms with Crippen molar-refractivity contribution in [3.63, 3.8) is 0 Å². The minimum Gasteiger partial charge on any atom is -0.487 e. The molecule has 2 aromatic heterocycles. The highest BCUT2D eigenvalue weighted by molar-refractivity contribution is 5.64. The van der Waals surface area contributed by atoms with E-state index in [1.807, 2.05) is 57.2 Å². The molecule has 2 aromatic carbocycles. The van der Waals surface area contributed by atoms with Crippen LogP contribution < -0.4 is 10.1 Å². The van der Waals surface area contributed by atoms with Crippen LogP contribution in [0.3, 0.4) is 0 Å². The molecule has 0 fully saturated rings. The Kier molecular flexibility index (Phi) is 9.73. The van der Waals surface area contributed by atoms with Crippen LogP contribution in [0.1, 0.15) is 47.4 Å². The third kappa shape index (κ3) is 6.91. The Morgan fingerprint density at radius 3 is 2.03 bits per heavy atom. The number of aryl methyl sites for hydroxylation is 1. The quantitative estimate of drug-likeness (QED) is 0.315. The number of aliphatic hydroxyl groups excluding tert-OH is 1. The van der Waals surface area contributed by atoms with Gasteiger partial charge in [0, 0.05) is 30.1 Å². The van der Waals surface area contributed by atoms with E-state index in [0.29, 0.717) is 47.1 Å². The molecule has 4 rings (SSSR count). The Hall–Kier alpha value is -4.72. The second-order valence-corrected chi connectivity index (χ2v) is 7.91. The fourth-order valence-corrected chi connectivity index (χ4v) is 3.62. The summed E-state index contributed by atoms with van der Waals surface area (Å²) in [6.45, 7) is 6.37. The number of nitriles is 2. The van der Waals surface area contributed by atoms with E-state index in [1.165, 1.54) is 0 Å². The fraction of sp³-hybridized carbons (Fsp3) is 0.200. The summed E-state index contributed by atoms with van der Waals surface area (Å²) in [5.74, 6) is 1.24. The summed E-state index contributed by atoms with van der Waals surface area (Å²) >= 11 is 0. The zero-order valence-corrected chi connectivity index (χ0v) is 21.2. The fourth-order valence-electron chi connectivity index (χ4n) is 3.62. The highest BCUT2D eigenvalue weighted by Gasteiger charge is 2.14. The van der Waals surface area contributed by atoms with Crippen molar-refractivity contribution in [2.45, 2.75) is 40.5 Å². The first-order valence-electron chi connectivity index (χ1n) is 12.0. The number of benzene rings is 2. The highest BCUT2D eigenvalue weighted by atomic mass is 16.5. The molecule has 0 spiro atoms. The van der Waals surface area contributed by atoms with Gasteiger partial charge in [-0.3, -0.25) is 4.98 Å². The topological polar surface area (TPSA) is 115 Å². The Labute approximate surface area is 217 Å². The first-order chi connectivity index (χ1) is 18.1. The van der Waals surface area contributed by atoms with Crippen LogP contribution in [0.4, 0.5) is 5.82 Å². The summed E-state index contributed by atoms with van der Waals surface area (Å²) in [5.41, 5.74) is 6.24. The summed E-state index contributed by atoms with van der Waals surface area (Å²) in [7, 11) is 0. The zero-order valence-electron chi connectivity index (χ0n) is 21.2. The normalized spacial score (nSPS) is 9.89. The van der Waals surface area contributed by atoms with Gasteiger partial charge >= 0.3 is 0 Å². The SMILES string of the molecule is CC.Cc1ncc(CNc2ccc(-c3ccc(C#N)cc3)cn2)c(CO)c1OCc1ccc(C#N)cc1. The van der Waals surface area contributed by atoms with Crippen molar-refractivity contribution in [1.29, 1.82) is 10.5 Å². The van der Waals surface area contributed by atoms with Crippen molar-refractivity contribution >= 4 is 5.82 Å². The van der Waals surface area contributed by atoms with Crippen LogP contribution in [0.2, 0.25) is 0 Å². The van der Waals surface area contributed by atoms with Gasteiger partial charge < -0.3 is 15.2 Å². The number of rotatable bonds is 8. The van der Waals surface area contributed by atoms with Crippen LogP contribution in [0, 0.1) is 29.6 Å². The zero-order chi connectivity index (χ0) is 26.6. The second-order valence-electron chi connectivity index (χ2n) is 7.91. The van der Waals surface area contributed by atoms with Gasteiger partial charge in [0.25, 0.3) is 0 Å². The lowest BCUT2D eigenvalue weighted by Gasteiger charge is -2.17. The Balaban J connectivity index is 0.00000186. The van der Waals surface area contributed by atoms with Crippen molar-refractivity contribution in [1.82, 2.24) is 9.97 Å². The van der Waals surface area contributed by atoms with E-state index in [-0.39, 0.29) is 6.61 Å². The van der Waals surface area contributed by atoms with Crippen molar-refractivity contribution in [3.05, 3.63) is 107 Å². The van der Waals surface area contributed by atoms with E-state index in [2.05, 4.69) is 27.4 Å². The smallest absolute Gasteiger partial charge is 0.146 e. The molecule has 0 unspecified atom stereocenters. The number of aromatic nitrogens is 2. The monoisotopic (exact) mass is 491 g/mol. The molecule has 0 bridgehead atoms. The van der Waals surface area contributed by atoms with E-state index >= 15 is 0 Å². The second kappa shape index (κ2) is 13.4. The lowest BCUT2D eigenvalue weighted by Crippen LogP contribution is -2.09. The van der Waals surface area contributed by atoms with Gasteiger partial charge in [-0.1, -0.05) is 38.1 Å². The molecule has 0 saturated carbocycles. The number of aliphatic hydroxyl groups is 1. The average molecular weight is 492 g/mol. The number of pyridine rings is 2. The molecule has 0 radical (unpaired) electrons. The maximum absolute atomic E-state index is 10.1. The van der Waals surface area contributed by atoms with Crippen LogP contribution in [0.15, 0.2) is 73.1 Å². The first kappa shape index (κ1) is 26.9. The van der Waals surface area contributed by atoms with E-state index in [9.17, 15) is 5.11 Å². The van der Waals surface area contributed by atoms with E-state index in [1.54, 1.807) is 36.7 Å². The summed E-state index contributed by atoms with van der Waals surface area (Å²) in [6, 6.07) is 22.6. The first-order valence-corrected chi connectivity index (χ1v) is 12.0. The van der Waals surface area contributed by atoms with Crippen LogP contribution in [-0.2, 0) is 19.8 Å². The number of nitrogens with zero attached hydrogens (tertiary/aromatic N) is 4.